The van der Waals surface area contributed by atoms with Crippen molar-refractivity contribution < 1.29 is 19.0 Å². The van der Waals surface area contributed by atoms with Gasteiger partial charge in [0.25, 0.3) is 0 Å². The number of hydrogen-bond donors (Lipinski definition) is 1. The van der Waals surface area contributed by atoms with E-state index >= 15 is 0 Å². The number of carbonyl (C=O) groups is 1. The number of carboxylic acids is 1. The third kappa shape index (κ3) is 3.20. The van der Waals surface area contributed by atoms with Crippen LogP contribution < -0.4 is 4.74 Å². The third-order valence-electron chi connectivity index (χ3n) is 2.41. The van der Waals surface area contributed by atoms with Crippen LogP contribution in [0.3, 0.4) is 0 Å². The maximum Gasteiger partial charge on any atom is 0.339 e. The Hall–Kier alpha value is -2.14. The fourth-order valence-corrected chi connectivity index (χ4v) is 1.69. The molecule has 0 aliphatic rings. The Bertz CT molecular complexity index is 619. The van der Waals surface area contributed by atoms with Crippen LogP contribution in [0.1, 0.15) is 15.9 Å². The van der Waals surface area contributed by atoms with Crippen molar-refractivity contribution >= 4 is 17.6 Å². The van der Waals surface area contributed by atoms with Crippen LogP contribution in [0, 0.1) is 5.82 Å². The first kappa shape index (κ1) is 13.3. The minimum atomic E-state index is -1.11. The number of aromatic nitrogens is 1. The summed E-state index contributed by atoms with van der Waals surface area (Å²) in [6.45, 7) is 0.0328. The number of benzene rings is 1. The van der Waals surface area contributed by atoms with Crippen LogP contribution in [-0.4, -0.2) is 16.1 Å². The van der Waals surface area contributed by atoms with Gasteiger partial charge in [-0.3, -0.25) is 4.98 Å². The third-order valence-corrected chi connectivity index (χ3v) is 2.77. The van der Waals surface area contributed by atoms with E-state index < -0.39 is 11.8 Å². The fourth-order valence-electron chi connectivity index (χ4n) is 1.47. The molecule has 4 nitrogen and oxygen atoms in total. The zero-order valence-electron chi connectivity index (χ0n) is 9.64. The minimum Gasteiger partial charge on any atom is -0.486 e. The number of rotatable bonds is 4. The van der Waals surface area contributed by atoms with Crippen molar-refractivity contribution in [2.45, 2.75) is 6.61 Å². The molecule has 0 saturated heterocycles. The van der Waals surface area contributed by atoms with Crippen LogP contribution in [0.4, 0.5) is 4.39 Å². The zero-order valence-corrected chi connectivity index (χ0v) is 10.4. The minimum absolute atomic E-state index is 0.00762. The zero-order chi connectivity index (χ0) is 13.8. The van der Waals surface area contributed by atoms with Crippen LogP contribution in [-0.2, 0) is 6.61 Å². The molecule has 98 valence electrons. The predicted octanol–water partition coefficient (Wildman–Crippen LogP) is 3.15. The highest BCUT2D eigenvalue weighted by Gasteiger charge is 2.11. The SMILES string of the molecule is O=C(O)c1ccncc1OCc1ccc(F)cc1Cl. The first-order chi connectivity index (χ1) is 9.08. The molecule has 1 aromatic carbocycles. The quantitative estimate of drug-likeness (QED) is 0.935. The number of pyridine rings is 1. The largest absolute Gasteiger partial charge is 0.486 e. The molecule has 6 heteroatoms. The molecule has 0 bridgehead atoms. The number of ether oxygens (including phenoxy) is 1. The Labute approximate surface area is 113 Å². The van der Waals surface area contributed by atoms with E-state index in [0.29, 0.717) is 5.56 Å². The maximum atomic E-state index is 12.9. The van der Waals surface area contributed by atoms with Crippen molar-refractivity contribution in [3.05, 3.63) is 58.6 Å². The highest BCUT2D eigenvalue weighted by atomic mass is 35.5. The summed E-state index contributed by atoms with van der Waals surface area (Å²) in [5.74, 6) is -1.42. The van der Waals surface area contributed by atoms with Crippen molar-refractivity contribution in [1.29, 1.82) is 0 Å². The topological polar surface area (TPSA) is 59.4 Å². The summed E-state index contributed by atoms with van der Waals surface area (Å²) in [7, 11) is 0. The number of carboxylic acid groups (broad SMARTS) is 1. The summed E-state index contributed by atoms with van der Waals surface area (Å²) in [4.78, 5) is 14.8. The molecule has 0 unspecified atom stereocenters. The molecule has 0 atom stereocenters. The lowest BCUT2D eigenvalue weighted by atomic mass is 10.2. The van der Waals surface area contributed by atoms with Crippen LogP contribution in [0.25, 0.3) is 0 Å². The molecule has 0 spiro atoms. The van der Waals surface area contributed by atoms with Gasteiger partial charge in [0.05, 0.1) is 11.2 Å². The summed E-state index contributed by atoms with van der Waals surface area (Å²) in [6, 6.07) is 5.24. The average Bonchev–Trinajstić information content (AvgIpc) is 2.38. The monoisotopic (exact) mass is 281 g/mol. The Balaban J connectivity index is 2.17. The second kappa shape index (κ2) is 5.67. The van der Waals surface area contributed by atoms with Crippen LogP contribution in [0.2, 0.25) is 5.02 Å². The van der Waals surface area contributed by atoms with Gasteiger partial charge in [0.15, 0.2) is 5.75 Å². The highest BCUT2D eigenvalue weighted by Crippen LogP contribution is 2.21. The standard InChI is InChI=1S/C13H9ClFNO3/c14-11-5-9(15)2-1-8(11)7-19-12-6-16-4-3-10(12)13(17)18/h1-6H,7H2,(H,17,18). The predicted molar refractivity (Wildman–Crippen MR) is 66.9 cm³/mol. The lowest BCUT2D eigenvalue weighted by molar-refractivity contribution is 0.0691. The van der Waals surface area contributed by atoms with E-state index in [1.807, 2.05) is 0 Å². The van der Waals surface area contributed by atoms with E-state index in [9.17, 15) is 9.18 Å². The molecule has 19 heavy (non-hydrogen) atoms. The number of hydrogen-bond acceptors (Lipinski definition) is 3. The Morgan fingerprint density at radius 1 is 1.42 bits per heavy atom. The fraction of sp³-hybridized carbons (Fsp3) is 0.0769. The van der Waals surface area contributed by atoms with E-state index in [4.69, 9.17) is 21.4 Å². The van der Waals surface area contributed by atoms with E-state index in [0.717, 1.165) is 0 Å². The smallest absolute Gasteiger partial charge is 0.339 e. The van der Waals surface area contributed by atoms with Gasteiger partial charge in [-0.05, 0) is 18.2 Å². The van der Waals surface area contributed by atoms with Crippen molar-refractivity contribution in [3.63, 3.8) is 0 Å². The van der Waals surface area contributed by atoms with Crippen LogP contribution in [0.5, 0.6) is 5.75 Å². The van der Waals surface area contributed by atoms with E-state index in [-0.39, 0.29) is 22.9 Å². The molecule has 0 amide bonds. The van der Waals surface area contributed by atoms with Crippen molar-refractivity contribution in [3.8, 4) is 5.75 Å². The molecule has 0 radical (unpaired) electrons. The van der Waals surface area contributed by atoms with Gasteiger partial charge < -0.3 is 9.84 Å². The first-order valence-corrected chi connectivity index (χ1v) is 5.70. The molecule has 1 N–H and O–H groups in total. The summed E-state index contributed by atoms with van der Waals surface area (Å²) < 4.78 is 18.2. The van der Waals surface area contributed by atoms with E-state index in [1.165, 1.54) is 36.7 Å². The van der Waals surface area contributed by atoms with Gasteiger partial charge in [-0.2, -0.15) is 0 Å². The molecular formula is C13H9ClFNO3. The first-order valence-electron chi connectivity index (χ1n) is 5.32. The summed E-state index contributed by atoms with van der Waals surface area (Å²) >= 11 is 5.85. The molecular weight excluding hydrogens is 273 g/mol. The summed E-state index contributed by atoms with van der Waals surface area (Å²) in [5, 5.41) is 9.19. The molecule has 2 aromatic rings. The molecule has 0 aliphatic heterocycles. The average molecular weight is 282 g/mol. The van der Waals surface area contributed by atoms with Crippen molar-refractivity contribution in [2.24, 2.45) is 0 Å². The number of halogens is 2. The van der Waals surface area contributed by atoms with E-state index in [2.05, 4.69) is 4.98 Å². The molecule has 1 aromatic heterocycles. The van der Waals surface area contributed by atoms with Gasteiger partial charge in [-0.25, -0.2) is 9.18 Å². The second-order valence-electron chi connectivity index (χ2n) is 3.70. The van der Waals surface area contributed by atoms with Gasteiger partial charge in [-0.1, -0.05) is 17.7 Å². The van der Waals surface area contributed by atoms with E-state index in [1.54, 1.807) is 0 Å². The van der Waals surface area contributed by atoms with Crippen LogP contribution in [0.15, 0.2) is 36.7 Å². The normalized spacial score (nSPS) is 10.2. The van der Waals surface area contributed by atoms with Gasteiger partial charge in [-0.15, -0.1) is 0 Å². The second-order valence-corrected chi connectivity index (χ2v) is 4.11. The Morgan fingerprint density at radius 2 is 2.21 bits per heavy atom. The van der Waals surface area contributed by atoms with Gasteiger partial charge in [0.1, 0.15) is 18.0 Å². The summed E-state index contributed by atoms with van der Waals surface area (Å²) in [5.41, 5.74) is 0.566. The Morgan fingerprint density at radius 3 is 2.89 bits per heavy atom. The van der Waals surface area contributed by atoms with Gasteiger partial charge in [0, 0.05) is 11.8 Å². The van der Waals surface area contributed by atoms with Crippen LogP contribution >= 0.6 is 11.6 Å². The molecule has 0 saturated carbocycles. The Kier molecular flexibility index (Phi) is 3.97. The highest BCUT2D eigenvalue weighted by molar-refractivity contribution is 6.31. The van der Waals surface area contributed by atoms with Crippen molar-refractivity contribution in [2.75, 3.05) is 0 Å². The van der Waals surface area contributed by atoms with Crippen molar-refractivity contribution in [1.82, 2.24) is 4.98 Å². The molecule has 0 fully saturated rings. The number of nitrogens with zero attached hydrogens (tertiary/aromatic N) is 1. The van der Waals surface area contributed by atoms with Gasteiger partial charge in [0.2, 0.25) is 0 Å². The summed E-state index contributed by atoms with van der Waals surface area (Å²) in [6.07, 6.45) is 2.67. The molecule has 2 rings (SSSR count). The lowest BCUT2D eigenvalue weighted by Gasteiger charge is -2.09. The molecule has 1 heterocycles. The number of aromatic carboxylic acids is 1. The molecule has 0 aliphatic carbocycles. The maximum absolute atomic E-state index is 12.9. The lowest BCUT2D eigenvalue weighted by Crippen LogP contribution is -2.04. The van der Waals surface area contributed by atoms with Gasteiger partial charge >= 0.3 is 5.97 Å².